The summed E-state index contributed by atoms with van der Waals surface area (Å²) >= 11 is 6.11. The van der Waals surface area contributed by atoms with Gasteiger partial charge in [-0.1, -0.05) is 30.7 Å². The molecule has 3 aromatic rings. The third-order valence-electron chi connectivity index (χ3n) is 3.83. The fourth-order valence-corrected chi connectivity index (χ4v) is 2.69. The van der Waals surface area contributed by atoms with Gasteiger partial charge >= 0.3 is 0 Å². The highest BCUT2D eigenvalue weighted by molar-refractivity contribution is 6.31. The number of pyridine rings is 1. The van der Waals surface area contributed by atoms with Gasteiger partial charge in [-0.2, -0.15) is 5.10 Å². The van der Waals surface area contributed by atoms with E-state index in [2.05, 4.69) is 15.4 Å². The standard InChI is InChI=1S/C18H17ClN4O/c1-3-16-13(11-21-23(16)17-9-4-5-10-20-17)18(24)22-15-8-6-7-14(19)12(15)2/h4-11H,3H2,1-2H3,(H,22,24). The molecule has 0 aliphatic carbocycles. The first kappa shape index (κ1) is 16.2. The summed E-state index contributed by atoms with van der Waals surface area (Å²) in [6, 6.07) is 11.0. The van der Waals surface area contributed by atoms with Crippen LogP contribution in [0.3, 0.4) is 0 Å². The highest BCUT2D eigenvalue weighted by Gasteiger charge is 2.18. The number of hydrogen-bond donors (Lipinski definition) is 1. The molecule has 0 spiro atoms. The lowest BCUT2D eigenvalue weighted by molar-refractivity contribution is 0.102. The minimum Gasteiger partial charge on any atom is -0.322 e. The molecular weight excluding hydrogens is 324 g/mol. The van der Waals surface area contributed by atoms with Crippen LogP contribution in [0.5, 0.6) is 0 Å². The topological polar surface area (TPSA) is 59.8 Å². The molecule has 1 N–H and O–H groups in total. The van der Waals surface area contributed by atoms with E-state index in [4.69, 9.17) is 11.6 Å². The van der Waals surface area contributed by atoms with E-state index in [0.29, 0.717) is 28.5 Å². The molecule has 1 amide bonds. The van der Waals surface area contributed by atoms with Crippen molar-refractivity contribution in [3.8, 4) is 5.82 Å². The second-order valence-electron chi connectivity index (χ2n) is 5.32. The van der Waals surface area contributed by atoms with Crippen molar-refractivity contribution in [1.82, 2.24) is 14.8 Å². The zero-order chi connectivity index (χ0) is 17.1. The molecule has 0 atom stereocenters. The molecule has 0 bridgehead atoms. The third kappa shape index (κ3) is 3.03. The van der Waals surface area contributed by atoms with E-state index in [9.17, 15) is 4.79 Å². The molecule has 0 saturated heterocycles. The quantitative estimate of drug-likeness (QED) is 0.779. The van der Waals surface area contributed by atoms with Crippen molar-refractivity contribution in [2.45, 2.75) is 20.3 Å². The van der Waals surface area contributed by atoms with Gasteiger partial charge in [0.15, 0.2) is 5.82 Å². The summed E-state index contributed by atoms with van der Waals surface area (Å²) in [6.45, 7) is 3.86. The van der Waals surface area contributed by atoms with Crippen LogP contribution in [0.2, 0.25) is 5.02 Å². The van der Waals surface area contributed by atoms with Crippen molar-refractivity contribution in [2.24, 2.45) is 0 Å². The minimum atomic E-state index is -0.209. The van der Waals surface area contributed by atoms with E-state index in [-0.39, 0.29) is 5.91 Å². The summed E-state index contributed by atoms with van der Waals surface area (Å²) in [5.74, 6) is 0.478. The lowest BCUT2D eigenvalue weighted by atomic mass is 10.1. The van der Waals surface area contributed by atoms with Crippen LogP contribution in [0.4, 0.5) is 5.69 Å². The van der Waals surface area contributed by atoms with Crippen LogP contribution in [0.15, 0.2) is 48.8 Å². The first-order chi connectivity index (χ1) is 11.6. The highest BCUT2D eigenvalue weighted by Crippen LogP contribution is 2.24. The Labute approximate surface area is 145 Å². The Hall–Kier alpha value is -2.66. The highest BCUT2D eigenvalue weighted by atomic mass is 35.5. The van der Waals surface area contributed by atoms with Crippen LogP contribution in [0.1, 0.15) is 28.5 Å². The molecule has 0 radical (unpaired) electrons. The average Bonchev–Trinajstić information content (AvgIpc) is 3.04. The fourth-order valence-electron chi connectivity index (χ4n) is 2.51. The van der Waals surface area contributed by atoms with Crippen molar-refractivity contribution in [3.05, 3.63) is 70.6 Å². The molecule has 122 valence electrons. The maximum Gasteiger partial charge on any atom is 0.259 e. The molecule has 0 unspecified atom stereocenters. The summed E-state index contributed by atoms with van der Waals surface area (Å²) in [5, 5.41) is 7.86. The monoisotopic (exact) mass is 340 g/mol. The second-order valence-corrected chi connectivity index (χ2v) is 5.73. The van der Waals surface area contributed by atoms with E-state index >= 15 is 0 Å². The molecule has 24 heavy (non-hydrogen) atoms. The van der Waals surface area contributed by atoms with Crippen molar-refractivity contribution in [1.29, 1.82) is 0 Å². The van der Waals surface area contributed by atoms with Gasteiger partial charge in [-0.3, -0.25) is 4.79 Å². The number of benzene rings is 1. The number of amides is 1. The Bertz CT molecular complexity index is 874. The van der Waals surface area contributed by atoms with Crippen LogP contribution >= 0.6 is 11.6 Å². The molecule has 1 aromatic carbocycles. The molecular formula is C18H17ClN4O. The number of carbonyl (C=O) groups is 1. The van der Waals surface area contributed by atoms with Gasteiger partial charge in [0.25, 0.3) is 5.91 Å². The van der Waals surface area contributed by atoms with Gasteiger partial charge in [0.1, 0.15) is 0 Å². The molecule has 5 nitrogen and oxygen atoms in total. The predicted molar refractivity (Wildman–Crippen MR) is 94.9 cm³/mol. The number of nitrogens with zero attached hydrogens (tertiary/aromatic N) is 3. The Kier molecular flexibility index (Phi) is 4.62. The van der Waals surface area contributed by atoms with Gasteiger partial charge in [-0.15, -0.1) is 0 Å². The van der Waals surface area contributed by atoms with E-state index in [1.165, 1.54) is 0 Å². The summed E-state index contributed by atoms with van der Waals surface area (Å²) in [7, 11) is 0. The largest absolute Gasteiger partial charge is 0.322 e. The number of aromatic nitrogens is 3. The van der Waals surface area contributed by atoms with Gasteiger partial charge in [0, 0.05) is 16.9 Å². The summed E-state index contributed by atoms with van der Waals surface area (Å²) < 4.78 is 1.69. The van der Waals surface area contributed by atoms with Gasteiger partial charge in [0.05, 0.1) is 17.5 Å². The fraction of sp³-hybridized carbons (Fsp3) is 0.167. The maximum absolute atomic E-state index is 12.7. The normalized spacial score (nSPS) is 10.6. The number of halogens is 1. The third-order valence-corrected chi connectivity index (χ3v) is 4.24. The van der Waals surface area contributed by atoms with Gasteiger partial charge in [0.2, 0.25) is 0 Å². The van der Waals surface area contributed by atoms with Crippen LogP contribution in [0.25, 0.3) is 5.82 Å². The average molecular weight is 341 g/mol. The smallest absolute Gasteiger partial charge is 0.259 e. The van der Waals surface area contributed by atoms with Crippen molar-refractivity contribution >= 4 is 23.2 Å². The van der Waals surface area contributed by atoms with Gasteiger partial charge < -0.3 is 5.32 Å². The molecule has 0 fully saturated rings. The molecule has 2 aromatic heterocycles. The van der Waals surface area contributed by atoms with Crippen molar-refractivity contribution in [3.63, 3.8) is 0 Å². The van der Waals surface area contributed by atoms with E-state index in [1.807, 2.05) is 44.2 Å². The number of anilines is 1. The summed E-state index contributed by atoms with van der Waals surface area (Å²) in [6.07, 6.45) is 3.93. The van der Waals surface area contributed by atoms with E-state index in [0.717, 1.165) is 11.3 Å². The van der Waals surface area contributed by atoms with Crippen LogP contribution in [-0.2, 0) is 6.42 Å². The van der Waals surface area contributed by atoms with Gasteiger partial charge in [-0.05, 0) is 43.2 Å². The second kappa shape index (κ2) is 6.84. The number of nitrogens with one attached hydrogen (secondary N) is 1. The predicted octanol–water partition coefficient (Wildman–Crippen LogP) is 4.04. The molecule has 6 heteroatoms. The van der Waals surface area contributed by atoms with Gasteiger partial charge in [-0.25, -0.2) is 9.67 Å². The Morgan fingerprint density at radius 1 is 1.25 bits per heavy atom. The van der Waals surface area contributed by atoms with Crippen molar-refractivity contribution in [2.75, 3.05) is 5.32 Å². The Morgan fingerprint density at radius 2 is 2.08 bits per heavy atom. The van der Waals surface area contributed by atoms with E-state index < -0.39 is 0 Å². The Morgan fingerprint density at radius 3 is 2.79 bits per heavy atom. The zero-order valence-electron chi connectivity index (χ0n) is 13.5. The van der Waals surface area contributed by atoms with Crippen LogP contribution in [-0.4, -0.2) is 20.7 Å². The molecule has 2 heterocycles. The SMILES string of the molecule is CCc1c(C(=O)Nc2cccc(Cl)c2C)cnn1-c1ccccn1. The van der Waals surface area contributed by atoms with Crippen LogP contribution < -0.4 is 5.32 Å². The number of hydrogen-bond acceptors (Lipinski definition) is 3. The lowest BCUT2D eigenvalue weighted by Crippen LogP contribution is -2.15. The zero-order valence-corrected chi connectivity index (χ0v) is 14.2. The molecule has 0 aliphatic heterocycles. The van der Waals surface area contributed by atoms with E-state index in [1.54, 1.807) is 23.1 Å². The summed E-state index contributed by atoms with van der Waals surface area (Å²) in [4.78, 5) is 17.0. The minimum absolute atomic E-state index is 0.209. The first-order valence-corrected chi connectivity index (χ1v) is 8.04. The van der Waals surface area contributed by atoms with Crippen LogP contribution in [0, 0.1) is 6.92 Å². The maximum atomic E-state index is 12.7. The van der Waals surface area contributed by atoms with Crippen molar-refractivity contribution < 1.29 is 4.79 Å². The molecule has 0 saturated carbocycles. The Balaban J connectivity index is 1.94. The first-order valence-electron chi connectivity index (χ1n) is 7.66. The molecule has 0 aliphatic rings. The summed E-state index contributed by atoms with van der Waals surface area (Å²) in [5.41, 5.74) is 2.87. The number of rotatable bonds is 4. The molecule has 3 rings (SSSR count). The number of carbonyl (C=O) groups excluding carboxylic acids is 1. The lowest BCUT2D eigenvalue weighted by Gasteiger charge is -2.10.